The first-order chi connectivity index (χ1) is 7.82. The minimum absolute atomic E-state index is 0.00967. The van der Waals surface area contributed by atoms with Gasteiger partial charge in [-0.05, 0) is 33.6 Å². The molecule has 0 radical (unpaired) electrons. The predicted octanol–water partition coefficient (Wildman–Crippen LogP) is 0.487. The minimum atomic E-state index is -0.122. The second-order valence-electron chi connectivity index (χ2n) is 4.84. The average molecular weight is 243 g/mol. The lowest BCUT2D eigenvalue weighted by Gasteiger charge is -2.18. The molecular weight excluding hydrogens is 218 g/mol. The van der Waals surface area contributed by atoms with Crippen molar-refractivity contribution in [1.82, 2.24) is 10.2 Å². The van der Waals surface area contributed by atoms with E-state index in [4.69, 9.17) is 5.73 Å². The molecule has 100 valence electrons. The molecule has 0 aliphatic rings. The van der Waals surface area contributed by atoms with Gasteiger partial charge in [-0.1, -0.05) is 0 Å². The molecule has 0 fully saturated rings. The molecule has 0 aliphatic heterocycles. The van der Waals surface area contributed by atoms with Crippen LogP contribution >= 0.6 is 0 Å². The summed E-state index contributed by atoms with van der Waals surface area (Å²) in [6, 6.07) is 0.224. The highest BCUT2D eigenvalue weighted by molar-refractivity contribution is 5.84. The molecule has 5 nitrogen and oxygen atoms in total. The topological polar surface area (TPSA) is 75.4 Å². The number of nitrogens with one attached hydrogen (secondary N) is 1. The van der Waals surface area contributed by atoms with Crippen molar-refractivity contribution in [3.63, 3.8) is 0 Å². The van der Waals surface area contributed by atoms with Gasteiger partial charge in [-0.25, -0.2) is 0 Å². The molecule has 0 saturated carbocycles. The van der Waals surface area contributed by atoms with Gasteiger partial charge in [0.15, 0.2) is 0 Å². The van der Waals surface area contributed by atoms with Gasteiger partial charge in [0.05, 0.1) is 6.54 Å². The molecule has 0 aromatic carbocycles. The summed E-state index contributed by atoms with van der Waals surface area (Å²) in [6.45, 7) is 5.82. The first-order valence-corrected chi connectivity index (χ1v) is 6.11. The molecule has 0 rings (SSSR count). The molecule has 0 heterocycles. The van der Waals surface area contributed by atoms with Crippen LogP contribution in [-0.2, 0) is 9.59 Å². The van der Waals surface area contributed by atoms with E-state index in [-0.39, 0.29) is 30.4 Å². The Morgan fingerprint density at radius 1 is 1.29 bits per heavy atom. The van der Waals surface area contributed by atoms with Crippen LogP contribution in [0.2, 0.25) is 0 Å². The normalized spacial score (nSPS) is 12.4. The third kappa shape index (κ3) is 8.68. The molecule has 2 amide bonds. The van der Waals surface area contributed by atoms with Crippen molar-refractivity contribution in [3.05, 3.63) is 0 Å². The molecule has 0 aliphatic carbocycles. The smallest absolute Gasteiger partial charge is 0.239 e. The van der Waals surface area contributed by atoms with Gasteiger partial charge >= 0.3 is 0 Å². The summed E-state index contributed by atoms with van der Waals surface area (Å²) in [5.74, 6) is -0.132. The first kappa shape index (κ1) is 15.9. The van der Waals surface area contributed by atoms with Crippen molar-refractivity contribution >= 4 is 11.8 Å². The summed E-state index contributed by atoms with van der Waals surface area (Å²) in [6.07, 6.45) is 2.05. The summed E-state index contributed by atoms with van der Waals surface area (Å²) in [5, 5.41) is 2.75. The molecule has 0 aromatic rings. The van der Waals surface area contributed by atoms with Gasteiger partial charge in [-0.3, -0.25) is 9.59 Å². The number of nitrogens with two attached hydrogens (primary N) is 1. The van der Waals surface area contributed by atoms with E-state index in [1.165, 1.54) is 4.90 Å². The third-order valence-electron chi connectivity index (χ3n) is 2.31. The molecule has 0 bridgehead atoms. The van der Waals surface area contributed by atoms with Crippen LogP contribution in [0.4, 0.5) is 0 Å². The van der Waals surface area contributed by atoms with Crippen LogP contribution in [0.15, 0.2) is 0 Å². The van der Waals surface area contributed by atoms with Crippen molar-refractivity contribution in [3.8, 4) is 0 Å². The van der Waals surface area contributed by atoms with Gasteiger partial charge in [0, 0.05) is 25.6 Å². The Morgan fingerprint density at radius 3 is 2.35 bits per heavy atom. The average Bonchev–Trinajstić information content (AvgIpc) is 2.15. The molecule has 0 saturated heterocycles. The number of rotatable bonds is 7. The van der Waals surface area contributed by atoms with Crippen molar-refractivity contribution < 1.29 is 9.59 Å². The summed E-state index contributed by atoms with van der Waals surface area (Å²) in [7, 11) is 1.65. The molecule has 0 spiro atoms. The van der Waals surface area contributed by atoms with Crippen molar-refractivity contribution in [1.29, 1.82) is 0 Å². The Bertz CT molecular complexity index is 252. The van der Waals surface area contributed by atoms with Crippen LogP contribution in [0.1, 0.15) is 40.0 Å². The third-order valence-corrected chi connectivity index (χ3v) is 2.31. The lowest BCUT2D eigenvalue weighted by Crippen LogP contribution is -2.40. The highest BCUT2D eigenvalue weighted by Crippen LogP contribution is 2.01. The summed E-state index contributed by atoms with van der Waals surface area (Å²) < 4.78 is 0. The standard InChI is InChI=1S/C12H25N3O2/c1-9(2)14-11(16)8-15(4)12(17)7-5-6-10(3)13/h9-10H,5-8,13H2,1-4H3,(H,14,16). The molecule has 17 heavy (non-hydrogen) atoms. The number of likely N-dealkylation sites (N-methyl/N-ethyl adjacent to an activating group) is 1. The van der Waals surface area contributed by atoms with E-state index in [1.807, 2.05) is 20.8 Å². The SMILES string of the molecule is CC(N)CCCC(=O)N(C)CC(=O)NC(C)C. The Labute approximate surface area is 104 Å². The summed E-state index contributed by atoms with van der Waals surface area (Å²) >= 11 is 0. The first-order valence-electron chi connectivity index (χ1n) is 6.11. The van der Waals surface area contributed by atoms with Gasteiger partial charge < -0.3 is 16.0 Å². The fourth-order valence-electron chi connectivity index (χ4n) is 1.44. The fraction of sp³-hybridized carbons (Fsp3) is 0.833. The Balaban J connectivity index is 3.85. The molecule has 1 unspecified atom stereocenters. The highest BCUT2D eigenvalue weighted by Gasteiger charge is 2.13. The van der Waals surface area contributed by atoms with Crippen LogP contribution in [0, 0.1) is 0 Å². The Hall–Kier alpha value is -1.10. The van der Waals surface area contributed by atoms with E-state index in [2.05, 4.69) is 5.32 Å². The van der Waals surface area contributed by atoms with Crippen molar-refractivity contribution in [2.75, 3.05) is 13.6 Å². The maximum absolute atomic E-state index is 11.7. The van der Waals surface area contributed by atoms with E-state index < -0.39 is 0 Å². The maximum Gasteiger partial charge on any atom is 0.239 e. The molecule has 0 aromatic heterocycles. The number of hydrogen-bond acceptors (Lipinski definition) is 3. The molecule has 3 N–H and O–H groups in total. The summed E-state index contributed by atoms with van der Waals surface area (Å²) in [4.78, 5) is 24.5. The Morgan fingerprint density at radius 2 is 1.88 bits per heavy atom. The number of amides is 2. The predicted molar refractivity (Wildman–Crippen MR) is 68.4 cm³/mol. The molecule has 5 heteroatoms. The summed E-state index contributed by atoms with van der Waals surface area (Å²) in [5.41, 5.74) is 5.60. The molecular formula is C12H25N3O2. The lowest BCUT2D eigenvalue weighted by atomic mass is 10.1. The van der Waals surface area contributed by atoms with Crippen LogP contribution < -0.4 is 11.1 Å². The van der Waals surface area contributed by atoms with Crippen LogP contribution in [0.3, 0.4) is 0 Å². The van der Waals surface area contributed by atoms with Gasteiger partial charge in [-0.2, -0.15) is 0 Å². The van der Waals surface area contributed by atoms with Crippen LogP contribution in [0.5, 0.6) is 0 Å². The van der Waals surface area contributed by atoms with Gasteiger partial charge in [0.2, 0.25) is 11.8 Å². The number of hydrogen-bond donors (Lipinski definition) is 2. The van der Waals surface area contributed by atoms with Crippen LogP contribution in [-0.4, -0.2) is 42.4 Å². The largest absolute Gasteiger partial charge is 0.352 e. The van der Waals surface area contributed by atoms with E-state index in [9.17, 15) is 9.59 Å². The second-order valence-corrected chi connectivity index (χ2v) is 4.84. The minimum Gasteiger partial charge on any atom is -0.352 e. The van der Waals surface area contributed by atoms with E-state index in [0.717, 1.165) is 12.8 Å². The highest BCUT2D eigenvalue weighted by atomic mass is 16.2. The second kappa shape index (κ2) is 8.06. The zero-order valence-electron chi connectivity index (χ0n) is 11.3. The zero-order valence-corrected chi connectivity index (χ0v) is 11.3. The fourth-order valence-corrected chi connectivity index (χ4v) is 1.44. The van der Waals surface area contributed by atoms with Gasteiger partial charge in [0.25, 0.3) is 0 Å². The lowest BCUT2D eigenvalue weighted by molar-refractivity contribution is -0.135. The molecule has 1 atom stereocenters. The Kier molecular flexibility index (Phi) is 7.54. The van der Waals surface area contributed by atoms with Gasteiger partial charge in [-0.15, -0.1) is 0 Å². The maximum atomic E-state index is 11.7. The van der Waals surface area contributed by atoms with E-state index >= 15 is 0 Å². The van der Waals surface area contributed by atoms with Crippen molar-refractivity contribution in [2.45, 2.75) is 52.1 Å². The number of carbonyl (C=O) groups is 2. The van der Waals surface area contributed by atoms with E-state index in [0.29, 0.717) is 6.42 Å². The van der Waals surface area contributed by atoms with Gasteiger partial charge in [0.1, 0.15) is 0 Å². The zero-order chi connectivity index (χ0) is 13.4. The van der Waals surface area contributed by atoms with Crippen molar-refractivity contribution in [2.24, 2.45) is 5.73 Å². The van der Waals surface area contributed by atoms with E-state index in [1.54, 1.807) is 7.05 Å². The monoisotopic (exact) mass is 243 g/mol. The van der Waals surface area contributed by atoms with Crippen LogP contribution in [0.25, 0.3) is 0 Å². The number of carbonyl (C=O) groups excluding carboxylic acids is 2. The quantitative estimate of drug-likeness (QED) is 0.683. The number of nitrogens with zero attached hydrogens (tertiary/aromatic N) is 1.